The molecule has 1 saturated carbocycles. The predicted octanol–water partition coefficient (Wildman–Crippen LogP) is 4.40. The Bertz CT molecular complexity index is 789. The maximum absolute atomic E-state index is 13.8. The number of hydrogen-bond acceptors (Lipinski definition) is 4. The summed E-state index contributed by atoms with van der Waals surface area (Å²) in [5, 5.41) is 14.4. The van der Waals surface area contributed by atoms with Crippen molar-refractivity contribution in [3.63, 3.8) is 0 Å². The maximum atomic E-state index is 13.8. The highest BCUT2D eigenvalue weighted by Crippen LogP contribution is 2.29. The quantitative estimate of drug-likeness (QED) is 0.749. The van der Waals surface area contributed by atoms with Crippen molar-refractivity contribution in [3.05, 3.63) is 35.6 Å². The lowest BCUT2D eigenvalue weighted by atomic mass is 9.98. The minimum absolute atomic E-state index is 0.217. The number of hydrogen-bond donors (Lipinski definition) is 2. The SMILES string of the molecule is OC[C@H]1CCCN(c2nc3cc(F)ccc3cc2CNC2CCCCCC2)C1. The largest absolute Gasteiger partial charge is 0.396 e. The van der Waals surface area contributed by atoms with Gasteiger partial charge in [-0.15, -0.1) is 0 Å². The normalized spacial score (nSPS) is 21.8. The molecule has 1 aromatic heterocycles. The molecule has 2 heterocycles. The van der Waals surface area contributed by atoms with Crippen LogP contribution in [0.15, 0.2) is 24.3 Å². The zero-order valence-electron chi connectivity index (χ0n) is 16.7. The van der Waals surface area contributed by atoms with Crippen LogP contribution in [0.2, 0.25) is 0 Å². The van der Waals surface area contributed by atoms with Gasteiger partial charge in [-0.2, -0.15) is 0 Å². The van der Waals surface area contributed by atoms with E-state index in [4.69, 9.17) is 4.98 Å². The molecule has 2 fully saturated rings. The van der Waals surface area contributed by atoms with Crippen molar-refractivity contribution in [2.24, 2.45) is 5.92 Å². The zero-order chi connectivity index (χ0) is 19.3. The van der Waals surface area contributed by atoms with E-state index in [1.807, 2.05) is 6.07 Å². The van der Waals surface area contributed by atoms with Gasteiger partial charge in [-0.05, 0) is 49.8 Å². The fraction of sp³-hybridized carbons (Fsp3) is 0.609. The highest BCUT2D eigenvalue weighted by molar-refractivity contribution is 5.82. The first-order valence-electron chi connectivity index (χ1n) is 10.9. The Balaban J connectivity index is 1.61. The van der Waals surface area contributed by atoms with E-state index in [-0.39, 0.29) is 12.4 Å². The van der Waals surface area contributed by atoms with E-state index in [1.165, 1.54) is 56.2 Å². The van der Waals surface area contributed by atoms with Gasteiger partial charge in [0.2, 0.25) is 0 Å². The summed E-state index contributed by atoms with van der Waals surface area (Å²) >= 11 is 0. The molecule has 1 atom stereocenters. The molecule has 1 aliphatic heterocycles. The number of halogens is 1. The molecule has 0 bridgehead atoms. The van der Waals surface area contributed by atoms with Crippen LogP contribution in [-0.2, 0) is 6.54 Å². The topological polar surface area (TPSA) is 48.4 Å². The molecule has 4 nitrogen and oxygen atoms in total. The van der Waals surface area contributed by atoms with Crippen LogP contribution in [0, 0.1) is 11.7 Å². The fourth-order valence-corrected chi connectivity index (χ4v) is 4.72. The molecule has 5 heteroatoms. The lowest BCUT2D eigenvalue weighted by Gasteiger charge is -2.34. The maximum Gasteiger partial charge on any atom is 0.133 e. The average Bonchev–Trinajstić information content (AvgIpc) is 3.00. The first-order valence-corrected chi connectivity index (χ1v) is 10.9. The van der Waals surface area contributed by atoms with Crippen molar-refractivity contribution in [1.29, 1.82) is 0 Å². The Morgan fingerprint density at radius 3 is 2.68 bits per heavy atom. The van der Waals surface area contributed by atoms with Gasteiger partial charge < -0.3 is 15.3 Å². The van der Waals surface area contributed by atoms with Gasteiger partial charge in [0, 0.05) is 49.3 Å². The van der Waals surface area contributed by atoms with Gasteiger partial charge >= 0.3 is 0 Å². The molecule has 4 rings (SSSR count). The number of aliphatic hydroxyl groups excluding tert-OH is 1. The van der Waals surface area contributed by atoms with Crippen molar-refractivity contribution < 1.29 is 9.50 Å². The molecular weight excluding hydrogens is 353 g/mol. The van der Waals surface area contributed by atoms with Crippen LogP contribution >= 0.6 is 0 Å². The number of rotatable bonds is 5. The minimum Gasteiger partial charge on any atom is -0.396 e. The highest BCUT2D eigenvalue weighted by Gasteiger charge is 2.23. The molecule has 28 heavy (non-hydrogen) atoms. The molecule has 152 valence electrons. The van der Waals surface area contributed by atoms with Gasteiger partial charge in [-0.1, -0.05) is 25.7 Å². The van der Waals surface area contributed by atoms with E-state index < -0.39 is 0 Å². The molecule has 2 N–H and O–H groups in total. The van der Waals surface area contributed by atoms with Crippen LogP contribution in [0.5, 0.6) is 0 Å². The number of aromatic nitrogens is 1. The van der Waals surface area contributed by atoms with E-state index in [0.717, 1.165) is 43.7 Å². The number of anilines is 1. The molecular formula is C23H32FN3O. The summed E-state index contributed by atoms with van der Waals surface area (Å²) in [5.74, 6) is 1.00. The van der Waals surface area contributed by atoms with Crippen molar-refractivity contribution in [3.8, 4) is 0 Å². The van der Waals surface area contributed by atoms with Crippen LogP contribution in [0.25, 0.3) is 10.9 Å². The standard InChI is InChI=1S/C23H32FN3O/c24-20-10-9-18-12-19(14-25-21-7-3-1-2-4-8-21)23(26-22(18)13-20)27-11-5-6-17(15-27)16-28/h9-10,12-13,17,21,25,28H,1-8,11,14-16H2/t17-/m0/s1. The van der Waals surface area contributed by atoms with Gasteiger partial charge in [0.1, 0.15) is 11.6 Å². The summed E-state index contributed by atoms with van der Waals surface area (Å²) < 4.78 is 13.8. The van der Waals surface area contributed by atoms with Crippen LogP contribution in [0.3, 0.4) is 0 Å². The van der Waals surface area contributed by atoms with Crippen LogP contribution in [0.4, 0.5) is 10.2 Å². The Labute approximate surface area is 167 Å². The molecule has 2 aromatic rings. The average molecular weight is 386 g/mol. The molecule has 1 aromatic carbocycles. The first-order chi connectivity index (χ1) is 13.7. The van der Waals surface area contributed by atoms with Gasteiger partial charge in [0.05, 0.1) is 5.52 Å². The van der Waals surface area contributed by atoms with Crippen LogP contribution in [-0.4, -0.2) is 35.8 Å². The third-order valence-corrected chi connectivity index (χ3v) is 6.35. The van der Waals surface area contributed by atoms with Crippen molar-refractivity contribution >= 4 is 16.7 Å². The number of aliphatic hydroxyl groups is 1. The van der Waals surface area contributed by atoms with E-state index in [1.54, 1.807) is 0 Å². The second kappa shape index (κ2) is 9.19. The third-order valence-electron chi connectivity index (χ3n) is 6.35. The lowest BCUT2D eigenvalue weighted by molar-refractivity contribution is 0.208. The molecule has 0 unspecified atom stereocenters. The monoisotopic (exact) mass is 385 g/mol. The number of pyridine rings is 1. The van der Waals surface area contributed by atoms with Crippen LogP contribution in [0.1, 0.15) is 56.9 Å². The van der Waals surface area contributed by atoms with Crippen molar-refractivity contribution in [2.75, 3.05) is 24.6 Å². The molecule has 0 amide bonds. The van der Waals surface area contributed by atoms with Crippen molar-refractivity contribution in [1.82, 2.24) is 10.3 Å². The predicted molar refractivity (Wildman–Crippen MR) is 112 cm³/mol. The summed E-state index contributed by atoms with van der Waals surface area (Å²) in [4.78, 5) is 7.17. The zero-order valence-corrected chi connectivity index (χ0v) is 16.7. The van der Waals surface area contributed by atoms with E-state index in [9.17, 15) is 9.50 Å². The number of piperidine rings is 1. The summed E-state index contributed by atoms with van der Waals surface area (Å²) in [6, 6.07) is 7.60. The Kier molecular flexibility index (Phi) is 6.43. The number of nitrogens with zero attached hydrogens (tertiary/aromatic N) is 2. The summed E-state index contributed by atoms with van der Waals surface area (Å²) in [6.07, 6.45) is 9.93. The molecule has 2 aliphatic rings. The van der Waals surface area contributed by atoms with Crippen LogP contribution < -0.4 is 10.2 Å². The Morgan fingerprint density at radius 2 is 1.89 bits per heavy atom. The summed E-state index contributed by atoms with van der Waals surface area (Å²) in [5.41, 5.74) is 1.89. The molecule has 1 saturated heterocycles. The second-order valence-corrected chi connectivity index (χ2v) is 8.51. The third kappa shape index (κ3) is 4.64. The number of fused-ring (bicyclic) bond motifs is 1. The summed E-state index contributed by atoms with van der Waals surface area (Å²) in [6.45, 7) is 2.77. The van der Waals surface area contributed by atoms with Gasteiger partial charge in [-0.25, -0.2) is 9.37 Å². The van der Waals surface area contributed by atoms with E-state index >= 15 is 0 Å². The van der Waals surface area contributed by atoms with Gasteiger partial charge in [0.25, 0.3) is 0 Å². The first kappa shape index (κ1) is 19.6. The van der Waals surface area contributed by atoms with E-state index in [2.05, 4.69) is 16.3 Å². The van der Waals surface area contributed by atoms with Crippen molar-refractivity contribution in [2.45, 2.75) is 64.0 Å². The fourth-order valence-electron chi connectivity index (χ4n) is 4.72. The van der Waals surface area contributed by atoms with Gasteiger partial charge in [0.15, 0.2) is 0 Å². The second-order valence-electron chi connectivity index (χ2n) is 8.51. The molecule has 0 spiro atoms. The number of benzene rings is 1. The van der Waals surface area contributed by atoms with E-state index in [0.29, 0.717) is 17.5 Å². The summed E-state index contributed by atoms with van der Waals surface area (Å²) in [7, 11) is 0. The lowest BCUT2D eigenvalue weighted by Crippen LogP contribution is -2.38. The Morgan fingerprint density at radius 1 is 1.07 bits per heavy atom. The molecule has 0 radical (unpaired) electrons. The number of nitrogens with one attached hydrogen (secondary N) is 1. The minimum atomic E-state index is -0.248. The molecule has 1 aliphatic carbocycles. The highest BCUT2D eigenvalue weighted by atomic mass is 19.1. The van der Waals surface area contributed by atoms with Gasteiger partial charge in [-0.3, -0.25) is 0 Å². The smallest absolute Gasteiger partial charge is 0.133 e. The Hall–Kier alpha value is -1.72.